The van der Waals surface area contributed by atoms with E-state index < -0.39 is 0 Å². The van der Waals surface area contributed by atoms with Gasteiger partial charge in [-0.05, 0) is 0 Å². The summed E-state index contributed by atoms with van der Waals surface area (Å²) in [5, 5.41) is 0. The third-order valence-corrected chi connectivity index (χ3v) is 6.43. The van der Waals surface area contributed by atoms with E-state index in [0.29, 0.717) is 0 Å². The predicted molar refractivity (Wildman–Crippen MR) is 163 cm³/mol. The zero-order chi connectivity index (χ0) is 26.1. The molecule has 2 heteroatoms. The van der Waals surface area contributed by atoms with E-state index >= 15 is 0 Å². The summed E-state index contributed by atoms with van der Waals surface area (Å²) in [4.78, 5) is 0. The molecular weight excluding hydrogens is 544 g/mol. The molecule has 0 spiro atoms. The minimum Gasteiger partial charge on any atom is -0.748 e. The van der Waals surface area contributed by atoms with Gasteiger partial charge < -0.3 is 30.3 Å². The summed E-state index contributed by atoms with van der Waals surface area (Å²) in [6, 6.07) is 33.9. The van der Waals surface area contributed by atoms with Gasteiger partial charge in [-0.3, -0.25) is 0 Å². The number of hydrogen-bond donors (Lipinski definition) is 0. The first-order chi connectivity index (χ1) is 17.7. The van der Waals surface area contributed by atoms with Crippen LogP contribution in [0.3, 0.4) is 0 Å². The van der Waals surface area contributed by atoms with Gasteiger partial charge in [0.05, 0.1) is 0 Å². The van der Waals surface area contributed by atoms with Crippen LogP contribution in [0, 0.1) is 0 Å². The number of aryl methyl sites for hydroxylation is 4. The van der Waals surface area contributed by atoms with Gasteiger partial charge in [-0.15, -0.1) is 0 Å². The van der Waals surface area contributed by atoms with Crippen LogP contribution >= 0.6 is 0 Å². The van der Waals surface area contributed by atoms with Crippen LogP contribution in [0.25, 0.3) is 0 Å². The fraction of sp³-hybridized carbons (Fsp3) is 0.444. The normalized spacial score (nSPS) is 9.37. The van der Waals surface area contributed by atoms with Crippen molar-refractivity contribution in [2.24, 2.45) is 0 Å². The quantitative estimate of drug-likeness (QED) is 0.0867. The van der Waals surface area contributed by atoms with Crippen molar-refractivity contribution in [1.29, 1.82) is 0 Å². The van der Waals surface area contributed by atoms with Crippen molar-refractivity contribution >= 4 is 0 Å². The van der Waals surface area contributed by atoms with Crippen LogP contribution in [0.1, 0.15) is 101 Å². The van der Waals surface area contributed by atoms with Gasteiger partial charge in [0, 0.05) is 34.1 Å². The van der Waals surface area contributed by atoms with Crippen molar-refractivity contribution < 1.29 is 34.1 Å². The predicted octanol–water partition coefficient (Wildman–Crippen LogP) is 11.0. The maximum atomic E-state index is 2.25. The Labute approximate surface area is 257 Å². The van der Waals surface area contributed by atoms with Crippen molar-refractivity contribution in [2.75, 3.05) is 0 Å². The molecule has 0 radical (unpaired) electrons. The Balaban J connectivity index is 0. The second kappa shape index (κ2) is 28.4. The van der Waals surface area contributed by atoms with Gasteiger partial charge in [0.1, 0.15) is 0 Å². The molecule has 0 amide bonds. The van der Waals surface area contributed by atoms with Crippen molar-refractivity contribution in [3.05, 3.63) is 119 Å². The molecule has 220 valence electrons. The third kappa shape index (κ3) is 20.4. The zero-order valence-electron chi connectivity index (χ0n) is 24.4. The summed E-state index contributed by atoms with van der Waals surface area (Å²) in [6.45, 7) is 8.91. The van der Waals surface area contributed by atoms with Crippen LogP contribution in [-0.2, 0) is 59.8 Å². The van der Waals surface area contributed by atoms with E-state index in [-0.39, 0.29) is 34.1 Å². The van der Waals surface area contributed by atoms with Gasteiger partial charge in [-0.2, -0.15) is 58.7 Å². The molecule has 0 heterocycles. The van der Waals surface area contributed by atoms with E-state index in [1.807, 2.05) is 30.3 Å². The fourth-order valence-electron chi connectivity index (χ4n) is 4.18. The topological polar surface area (TPSA) is 0 Å². The van der Waals surface area contributed by atoms with Crippen LogP contribution in [-0.4, -0.2) is 0 Å². The van der Waals surface area contributed by atoms with E-state index in [2.05, 4.69) is 94.4 Å². The molecule has 38 heavy (non-hydrogen) atoms. The third-order valence-electron chi connectivity index (χ3n) is 6.43. The van der Waals surface area contributed by atoms with Gasteiger partial charge in [0.2, 0.25) is 0 Å². The first-order valence-electron chi connectivity index (χ1n) is 14.6. The molecule has 0 nitrogen and oxygen atoms in total. The minimum atomic E-state index is 0. The Morgan fingerprint density at radius 1 is 0.658 bits per heavy atom. The SMILES string of the molecule is CCCCCC[c-]1cccc1.CCCCCCc1cc[cH-]c1.CCc1ccc[c-]1CC.[Fe].[Fe].[cH-]1[cH-][cH-][cH-][cH-]1. The minimum absolute atomic E-state index is 0. The Hall–Kier alpha value is -1.56. The van der Waals surface area contributed by atoms with Gasteiger partial charge >= 0.3 is 0 Å². The summed E-state index contributed by atoms with van der Waals surface area (Å²) in [5.41, 5.74) is 6.03. The molecule has 0 aromatic heterocycles. The van der Waals surface area contributed by atoms with Crippen molar-refractivity contribution in [3.63, 3.8) is 0 Å². The van der Waals surface area contributed by atoms with E-state index in [4.69, 9.17) is 0 Å². The molecule has 0 aliphatic rings. The van der Waals surface area contributed by atoms with Crippen molar-refractivity contribution in [3.8, 4) is 0 Å². The smallest absolute Gasteiger partial charge is 0 e. The second-order valence-corrected chi connectivity index (χ2v) is 9.45. The van der Waals surface area contributed by atoms with Crippen LogP contribution in [0.2, 0.25) is 0 Å². The van der Waals surface area contributed by atoms with Crippen LogP contribution in [0.15, 0.2) is 97.1 Å². The summed E-state index contributed by atoms with van der Waals surface area (Å²) in [7, 11) is 0. The van der Waals surface area contributed by atoms with Crippen LogP contribution < -0.4 is 0 Å². The molecule has 0 atom stereocenters. The zero-order valence-corrected chi connectivity index (χ0v) is 26.6. The molecular formula is C36H52Fe2-8. The number of rotatable bonds is 12. The standard InChI is InChI=1S/2C11H17.C9H13.C5H5.2Fe/c2*1-2-3-4-5-8-11-9-6-7-10-11;1-3-8-6-5-7-9(8)4-2;1-2-4-5-3-1;;/h2*6-7,9-10H,2-5,8H2,1H3;5-7H,3-4H2,1-2H3;1-5H;;/q3*-1;-5;;. The molecule has 0 unspecified atom stereocenters. The first-order valence-corrected chi connectivity index (χ1v) is 14.6. The summed E-state index contributed by atoms with van der Waals surface area (Å²) in [6.07, 6.45) is 15.8. The van der Waals surface area contributed by atoms with Gasteiger partial charge in [-0.25, -0.2) is 30.3 Å². The van der Waals surface area contributed by atoms with E-state index in [1.54, 1.807) is 0 Å². The summed E-state index contributed by atoms with van der Waals surface area (Å²) in [5.74, 6) is 0. The van der Waals surface area contributed by atoms with E-state index in [9.17, 15) is 0 Å². The molecule has 0 fully saturated rings. The molecule has 0 bridgehead atoms. The second-order valence-electron chi connectivity index (χ2n) is 9.45. The van der Waals surface area contributed by atoms with Crippen LogP contribution in [0.4, 0.5) is 0 Å². The Kier molecular flexibility index (Phi) is 28.9. The maximum absolute atomic E-state index is 2.25. The van der Waals surface area contributed by atoms with Crippen molar-refractivity contribution in [1.82, 2.24) is 0 Å². The van der Waals surface area contributed by atoms with Crippen molar-refractivity contribution in [2.45, 2.75) is 105 Å². The molecule has 4 aromatic carbocycles. The molecule has 0 saturated heterocycles. The Morgan fingerprint density at radius 2 is 1.26 bits per heavy atom. The first kappa shape index (κ1) is 38.6. The van der Waals surface area contributed by atoms with Gasteiger partial charge in [0.25, 0.3) is 0 Å². The largest absolute Gasteiger partial charge is 0.748 e. The van der Waals surface area contributed by atoms with Crippen LogP contribution in [0.5, 0.6) is 0 Å². The molecule has 0 saturated carbocycles. The average Bonchev–Trinajstić information content (AvgIpc) is 3.74. The summed E-state index contributed by atoms with van der Waals surface area (Å²) < 4.78 is 0. The number of unbranched alkanes of at least 4 members (excludes halogenated alkanes) is 6. The molecule has 0 aliphatic carbocycles. The van der Waals surface area contributed by atoms with Gasteiger partial charge in [0.15, 0.2) is 0 Å². The Morgan fingerprint density at radius 3 is 1.74 bits per heavy atom. The summed E-state index contributed by atoms with van der Waals surface area (Å²) >= 11 is 0. The monoisotopic (exact) mass is 596 g/mol. The molecule has 4 rings (SSSR count). The van der Waals surface area contributed by atoms with Gasteiger partial charge in [-0.1, -0.05) is 105 Å². The molecule has 0 N–H and O–H groups in total. The van der Waals surface area contributed by atoms with E-state index in [0.717, 1.165) is 0 Å². The number of hydrogen-bond acceptors (Lipinski definition) is 0. The maximum Gasteiger partial charge on any atom is 0 e. The Bertz CT molecular complexity index is 801. The molecule has 4 aromatic rings. The van der Waals surface area contributed by atoms with E-state index in [1.165, 1.54) is 99.3 Å². The fourth-order valence-corrected chi connectivity index (χ4v) is 4.18. The average molecular weight is 597 g/mol. The molecule has 0 aliphatic heterocycles.